The van der Waals surface area contributed by atoms with Gasteiger partial charge in [0.15, 0.2) is 17.2 Å². The molecule has 1 N–H and O–H groups in total. The van der Waals surface area contributed by atoms with Crippen LogP contribution in [0.2, 0.25) is 0 Å². The standard InChI is InChI=1S/C26H18F3N3O6S/c1-2-36-25(35)22-17-12-39-23(30-20(33)10-4-14-3-9-18-19(11-14)38-13-37-18)21(17)24(34)32(31-22)16-7-5-15(6-8-16)26(27,28)29/h3-12H,2,13H2,1H3,(H,30,33). The minimum Gasteiger partial charge on any atom is -0.461 e. The number of halogens is 3. The quantitative estimate of drug-likeness (QED) is 0.262. The normalized spacial score (nSPS) is 12.7. The second-order valence-electron chi connectivity index (χ2n) is 8.12. The molecule has 3 heterocycles. The molecule has 0 atom stereocenters. The molecule has 39 heavy (non-hydrogen) atoms. The lowest BCUT2D eigenvalue weighted by Gasteiger charge is -2.11. The number of fused-ring (bicyclic) bond motifs is 2. The molecule has 0 unspecified atom stereocenters. The second kappa shape index (κ2) is 10.3. The van der Waals surface area contributed by atoms with Crippen LogP contribution in [0.15, 0.2) is 58.7 Å². The molecule has 2 aromatic heterocycles. The molecule has 9 nitrogen and oxygen atoms in total. The van der Waals surface area contributed by atoms with Gasteiger partial charge >= 0.3 is 12.1 Å². The number of hydrogen-bond donors (Lipinski definition) is 1. The second-order valence-corrected chi connectivity index (χ2v) is 9.00. The lowest BCUT2D eigenvalue weighted by Crippen LogP contribution is -2.25. The lowest BCUT2D eigenvalue weighted by atomic mass is 10.2. The summed E-state index contributed by atoms with van der Waals surface area (Å²) in [5, 5.41) is 8.42. The van der Waals surface area contributed by atoms with Crippen LogP contribution >= 0.6 is 11.3 Å². The molecule has 1 amide bonds. The van der Waals surface area contributed by atoms with E-state index in [2.05, 4.69) is 10.4 Å². The van der Waals surface area contributed by atoms with Crippen LogP contribution in [0.5, 0.6) is 11.5 Å². The van der Waals surface area contributed by atoms with E-state index < -0.39 is 29.2 Å². The first-order valence-corrected chi connectivity index (χ1v) is 12.3. The first kappa shape index (κ1) is 26.0. The van der Waals surface area contributed by atoms with E-state index in [1.807, 2.05) is 0 Å². The predicted octanol–water partition coefficient (Wildman–Crippen LogP) is 5.02. The highest BCUT2D eigenvalue weighted by molar-refractivity contribution is 7.16. The van der Waals surface area contributed by atoms with Crippen LogP contribution in [0.4, 0.5) is 18.2 Å². The molecule has 2 aromatic carbocycles. The SMILES string of the molecule is CCOC(=O)c1nn(-c2ccc(C(F)(F)F)cc2)c(=O)c2c(NC(=O)C=Cc3ccc4c(c3)OCO4)scc12. The number of aromatic nitrogens is 2. The van der Waals surface area contributed by atoms with Crippen molar-refractivity contribution in [3.63, 3.8) is 0 Å². The average molecular weight is 558 g/mol. The molecule has 0 radical (unpaired) electrons. The van der Waals surface area contributed by atoms with Crippen molar-refractivity contribution in [3.8, 4) is 17.2 Å². The summed E-state index contributed by atoms with van der Waals surface area (Å²) in [5.41, 5.74) is -1.22. The number of carbonyl (C=O) groups excluding carboxylic acids is 2. The average Bonchev–Trinajstić information content (AvgIpc) is 3.55. The van der Waals surface area contributed by atoms with Crippen molar-refractivity contribution in [1.29, 1.82) is 0 Å². The summed E-state index contributed by atoms with van der Waals surface area (Å²) in [5.74, 6) is -0.255. The maximum Gasteiger partial charge on any atom is 0.416 e. The van der Waals surface area contributed by atoms with Gasteiger partial charge in [-0.2, -0.15) is 23.0 Å². The minimum atomic E-state index is -4.57. The van der Waals surface area contributed by atoms with Crippen molar-refractivity contribution in [3.05, 3.63) is 81.1 Å². The van der Waals surface area contributed by atoms with Crippen LogP contribution in [-0.4, -0.2) is 35.1 Å². The molecule has 1 aliphatic heterocycles. The van der Waals surface area contributed by atoms with E-state index in [1.54, 1.807) is 31.2 Å². The number of esters is 1. The number of rotatable bonds is 6. The summed E-state index contributed by atoms with van der Waals surface area (Å²) in [4.78, 5) is 38.8. The fraction of sp³-hybridized carbons (Fsp3) is 0.154. The van der Waals surface area contributed by atoms with Crippen LogP contribution in [0.25, 0.3) is 22.5 Å². The van der Waals surface area contributed by atoms with Crippen LogP contribution in [0, 0.1) is 0 Å². The molecule has 0 bridgehead atoms. The molecule has 5 rings (SSSR count). The summed E-state index contributed by atoms with van der Waals surface area (Å²) >= 11 is 0.990. The van der Waals surface area contributed by atoms with E-state index in [4.69, 9.17) is 14.2 Å². The first-order chi connectivity index (χ1) is 18.7. The molecule has 13 heteroatoms. The van der Waals surface area contributed by atoms with Gasteiger partial charge in [-0.05, 0) is 55.0 Å². The number of amides is 1. The van der Waals surface area contributed by atoms with Crippen molar-refractivity contribution in [2.24, 2.45) is 0 Å². The number of thiophene rings is 1. The maximum absolute atomic E-state index is 13.4. The Morgan fingerprint density at radius 1 is 1.15 bits per heavy atom. The van der Waals surface area contributed by atoms with Crippen LogP contribution < -0.4 is 20.3 Å². The smallest absolute Gasteiger partial charge is 0.416 e. The number of carbonyl (C=O) groups is 2. The number of ether oxygens (including phenoxy) is 3. The Labute approximate surface area is 222 Å². The van der Waals surface area contributed by atoms with Crippen molar-refractivity contribution in [2.75, 3.05) is 18.7 Å². The van der Waals surface area contributed by atoms with Gasteiger partial charge in [-0.3, -0.25) is 9.59 Å². The van der Waals surface area contributed by atoms with E-state index in [9.17, 15) is 27.6 Å². The van der Waals surface area contributed by atoms with E-state index in [1.165, 1.54) is 11.5 Å². The molecular weight excluding hydrogens is 539 g/mol. The topological polar surface area (TPSA) is 109 Å². The number of nitrogens with zero attached hydrogens (tertiary/aromatic N) is 2. The first-order valence-electron chi connectivity index (χ1n) is 11.4. The monoisotopic (exact) mass is 557 g/mol. The fourth-order valence-electron chi connectivity index (χ4n) is 3.80. The Bertz CT molecular complexity index is 1680. The summed E-state index contributed by atoms with van der Waals surface area (Å²) in [6.07, 6.45) is -1.78. The van der Waals surface area contributed by atoms with Gasteiger partial charge in [0.25, 0.3) is 5.56 Å². The van der Waals surface area contributed by atoms with E-state index in [0.29, 0.717) is 17.1 Å². The third kappa shape index (κ3) is 5.21. The van der Waals surface area contributed by atoms with Crippen molar-refractivity contribution in [2.45, 2.75) is 13.1 Å². The van der Waals surface area contributed by atoms with Crippen LogP contribution in [0.1, 0.15) is 28.5 Å². The number of nitrogens with one attached hydrogen (secondary N) is 1. The van der Waals surface area contributed by atoms with Gasteiger partial charge in [0.2, 0.25) is 12.7 Å². The Morgan fingerprint density at radius 3 is 2.62 bits per heavy atom. The number of anilines is 1. The zero-order valence-electron chi connectivity index (χ0n) is 20.1. The molecule has 0 aliphatic carbocycles. The molecule has 1 aliphatic rings. The summed E-state index contributed by atoms with van der Waals surface area (Å²) in [6.45, 7) is 1.73. The molecule has 4 aromatic rings. The summed E-state index contributed by atoms with van der Waals surface area (Å²) in [7, 11) is 0. The molecule has 200 valence electrons. The number of alkyl halides is 3. The zero-order chi connectivity index (χ0) is 27.7. The van der Waals surface area contributed by atoms with Gasteiger partial charge in [-0.1, -0.05) is 6.07 Å². The fourth-order valence-corrected chi connectivity index (χ4v) is 4.74. The highest BCUT2D eigenvalue weighted by Crippen LogP contribution is 2.34. The predicted molar refractivity (Wildman–Crippen MR) is 136 cm³/mol. The van der Waals surface area contributed by atoms with Crippen molar-refractivity contribution >= 4 is 45.1 Å². The Balaban J connectivity index is 1.51. The molecule has 0 saturated carbocycles. The minimum absolute atomic E-state index is 0.00775. The van der Waals surface area contributed by atoms with Crippen LogP contribution in [-0.2, 0) is 15.7 Å². The summed E-state index contributed by atoms with van der Waals surface area (Å²) < 4.78 is 55.5. The summed E-state index contributed by atoms with van der Waals surface area (Å²) in [6, 6.07) is 8.88. The van der Waals surface area contributed by atoms with Gasteiger partial charge in [-0.15, -0.1) is 11.3 Å². The zero-order valence-corrected chi connectivity index (χ0v) is 20.9. The van der Waals surface area contributed by atoms with Gasteiger partial charge < -0.3 is 19.5 Å². The highest BCUT2D eigenvalue weighted by Gasteiger charge is 2.30. The molecule has 0 fully saturated rings. The lowest BCUT2D eigenvalue weighted by molar-refractivity contribution is -0.137. The molecule has 0 spiro atoms. The Kier molecular flexibility index (Phi) is 6.83. The Hall–Kier alpha value is -4.65. The Morgan fingerprint density at radius 2 is 1.90 bits per heavy atom. The van der Waals surface area contributed by atoms with Crippen molar-refractivity contribution < 1.29 is 37.0 Å². The van der Waals surface area contributed by atoms with E-state index in [0.717, 1.165) is 40.3 Å². The van der Waals surface area contributed by atoms with Crippen LogP contribution in [0.3, 0.4) is 0 Å². The largest absolute Gasteiger partial charge is 0.461 e. The number of hydrogen-bond acceptors (Lipinski definition) is 8. The third-order valence-electron chi connectivity index (χ3n) is 5.62. The maximum atomic E-state index is 13.4. The van der Waals surface area contributed by atoms with Gasteiger partial charge in [0.1, 0.15) is 5.00 Å². The molecular formula is C26H18F3N3O6S. The highest BCUT2D eigenvalue weighted by atomic mass is 32.1. The number of benzene rings is 2. The third-order valence-corrected chi connectivity index (χ3v) is 6.52. The van der Waals surface area contributed by atoms with E-state index >= 15 is 0 Å². The van der Waals surface area contributed by atoms with Gasteiger partial charge in [0.05, 0.1) is 23.2 Å². The van der Waals surface area contributed by atoms with Gasteiger partial charge in [-0.25, -0.2) is 4.79 Å². The van der Waals surface area contributed by atoms with Crippen molar-refractivity contribution in [1.82, 2.24) is 9.78 Å². The van der Waals surface area contributed by atoms with E-state index in [-0.39, 0.29) is 40.6 Å². The molecule has 0 saturated heterocycles. The van der Waals surface area contributed by atoms with Gasteiger partial charge in [0, 0.05) is 16.8 Å².